The van der Waals surface area contributed by atoms with Gasteiger partial charge in [0.15, 0.2) is 11.8 Å². The first-order chi connectivity index (χ1) is 15.7. The van der Waals surface area contributed by atoms with Crippen LogP contribution < -0.4 is 5.32 Å². The van der Waals surface area contributed by atoms with E-state index in [1.54, 1.807) is 0 Å². The van der Waals surface area contributed by atoms with E-state index in [2.05, 4.69) is 61.7 Å². The molecule has 1 atom stereocenters. The van der Waals surface area contributed by atoms with Gasteiger partial charge in [-0.3, -0.25) is 4.90 Å². The van der Waals surface area contributed by atoms with E-state index in [1.807, 2.05) is 24.6 Å². The Morgan fingerprint density at radius 3 is 2.69 bits per heavy atom. The minimum Gasteiger partial charge on any atom is -0.376 e. The van der Waals surface area contributed by atoms with Crippen molar-refractivity contribution in [2.45, 2.75) is 32.4 Å². The van der Waals surface area contributed by atoms with Crippen LogP contribution in [0.4, 0.5) is 0 Å². The Balaban J connectivity index is 1.32. The van der Waals surface area contributed by atoms with Crippen molar-refractivity contribution < 1.29 is 4.74 Å². The first kappa shape index (κ1) is 22.5. The van der Waals surface area contributed by atoms with Crippen molar-refractivity contribution in [2.75, 3.05) is 45.9 Å². The van der Waals surface area contributed by atoms with Crippen LogP contribution in [0.25, 0.3) is 6.08 Å². The second kappa shape index (κ2) is 11.2. The lowest BCUT2D eigenvalue weighted by molar-refractivity contribution is 0.112. The van der Waals surface area contributed by atoms with E-state index in [0.29, 0.717) is 6.54 Å². The largest absolute Gasteiger partial charge is 0.376 e. The molecule has 0 bridgehead atoms. The molecule has 0 radical (unpaired) electrons. The van der Waals surface area contributed by atoms with Crippen LogP contribution in [0.1, 0.15) is 30.1 Å². The zero-order valence-electron chi connectivity index (χ0n) is 19.3. The summed E-state index contributed by atoms with van der Waals surface area (Å²) in [7, 11) is 1.99. The standard InChI is InChI=1S/C24H35N7O/c1-20-27-28-23(29(20)2)19-26-24(25-18-22-11-7-17-32-22)31-15-13-30(14-16-31)12-6-10-21-8-4-3-5-9-21/h3-6,8-10,22H,7,11-19H2,1-2H3,(H,25,26)/b10-6+. The number of benzene rings is 1. The molecule has 0 aliphatic carbocycles. The number of rotatable bonds is 7. The van der Waals surface area contributed by atoms with Crippen LogP contribution in [0.5, 0.6) is 0 Å². The zero-order chi connectivity index (χ0) is 22.2. The van der Waals surface area contributed by atoms with Crippen molar-refractivity contribution in [3.63, 3.8) is 0 Å². The summed E-state index contributed by atoms with van der Waals surface area (Å²) in [6, 6.07) is 10.5. The minimum absolute atomic E-state index is 0.279. The molecule has 0 saturated carbocycles. The Morgan fingerprint density at radius 2 is 2.00 bits per heavy atom. The summed E-state index contributed by atoms with van der Waals surface area (Å²) >= 11 is 0. The van der Waals surface area contributed by atoms with E-state index in [0.717, 1.165) is 76.3 Å². The fraction of sp³-hybridized carbons (Fsp3) is 0.542. The molecule has 2 fully saturated rings. The lowest BCUT2D eigenvalue weighted by atomic mass is 10.2. The van der Waals surface area contributed by atoms with Crippen LogP contribution in [0.15, 0.2) is 41.4 Å². The maximum Gasteiger partial charge on any atom is 0.194 e. The summed E-state index contributed by atoms with van der Waals surface area (Å²) in [6.45, 7) is 9.06. The Bertz CT molecular complexity index is 894. The number of nitrogens with zero attached hydrogens (tertiary/aromatic N) is 6. The molecule has 172 valence electrons. The second-order valence-electron chi connectivity index (χ2n) is 8.48. The average Bonchev–Trinajstić information content (AvgIpc) is 3.46. The van der Waals surface area contributed by atoms with Crippen LogP contribution in [-0.2, 0) is 18.3 Å². The van der Waals surface area contributed by atoms with Gasteiger partial charge in [-0.05, 0) is 25.3 Å². The van der Waals surface area contributed by atoms with E-state index >= 15 is 0 Å². The lowest BCUT2D eigenvalue weighted by Crippen LogP contribution is -2.53. The number of aliphatic imine (C=N–C) groups is 1. The molecular weight excluding hydrogens is 402 g/mol. The van der Waals surface area contributed by atoms with Gasteiger partial charge in [-0.1, -0.05) is 42.5 Å². The molecule has 2 aromatic rings. The molecule has 1 aromatic heterocycles. The third-order valence-electron chi connectivity index (χ3n) is 6.21. The maximum absolute atomic E-state index is 5.80. The van der Waals surface area contributed by atoms with Gasteiger partial charge >= 0.3 is 0 Å². The highest BCUT2D eigenvalue weighted by Gasteiger charge is 2.21. The zero-order valence-corrected chi connectivity index (χ0v) is 19.3. The third-order valence-corrected chi connectivity index (χ3v) is 6.21. The topological polar surface area (TPSA) is 70.8 Å². The first-order valence-corrected chi connectivity index (χ1v) is 11.6. The van der Waals surface area contributed by atoms with Crippen molar-refractivity contribution >= 4 is 12.0 Å². The van der Waals surface area contributed by atoms with E-state index in [-0.39, 0.29) is 6.10 Å². The highest BCUT2D eigenvalue weighted by Crippen LogP contribution is 2.11. The normalized spacial score (nSPS) is 20.4. The summed E-state index contributed by atoms with van der Waals surface area (Å²) in [4.78, 5) is 9.74. The molecule has 4 rings (SSSR count). The van der Waals surface area contributed by atoms with Crippen LogP contribution in [0.2, 0.25) is 0 Å². The van der Waals surface area contributed by atoms with Crippen molar-refractivity contribution in [1.29, 1.82) is 0 Å². The van der Waals surface area contributed by atoms with E-state index in [9.17, 15) is 0 Å². The molecule has 8 heteroatoms. The van der Waals surface area contributed by atoms with Gasteiger partial charge in [-0.2, -0.15) is 0 Å². The summed E-state index contributed by atoms with van der Waals surface area (Å²) in [5, 5.41) is 12.0. The molecule has 0 spiro atoms. The van der Waals surface area contributed by atoms with Gasteiger partial charge in [0.05, 0.1) is 6.10 Å². The van der Waals surface area contributed by atoms with Gasteiger partial charge in [0.2, 0.25) is 0 Å². The molecular formula is C24H35N7O. The molecule has 2 saturated heterocycles. The fourth-order valence-electron chi connectivity index (χ4n) is 4.06. The van der Waals surface area contributed by atoms with Gasteiger partial charge in [0, 0.05) is 52.9 Å². The Morgan fingerprint density at radius 1 is 1.19 bits per heavy atom. The van der Waals surface area contributed by atoms with Gasteiger partial charge < -0.3 is 19.5 Å². The van der Waals surface area contributed by atoms with Crippen LogP contribution >= 0.6 is 0 Å². The van der Waals surface area contributed by atoms with Crippen molar-refractivity contribution in [3.05, 3.63) is 53.6 Å². The predicted octanol–water partition coefficient (Wildman–Crippen LogP) is 2.08. The quantitative estimate of drug-likeness (QED) is 0.528. The van der Waals surface area contributed by atoms with Gasteiger partial charge in [0.1, 0.15) is 12.4 Å². The number of guanidine groups is 1. The summed E-state index contributed by atoms with van der Waals surface area (Å²) in [5.41, 5.74) is 1.25. The molecule has 8 nitrogen and oxygen atoms in total. The fourth-order valence-corrected chi connectivity index (χ4v) is 4.06. The monoisotopic (exact) mass is 437 g/mol. The number of nitrogens with one attached hydrogen (secondary N) is 1. The smallest absolute Gasteiger partial charge is 0.194 e. The summed E-state index contributed by atoms with van der Waals surface area (Å²) in [5.74, 6) is 2.73. The highest BCUT2D eigenvalue weighted by atomic mass is 16.5. The van der Waals surface area contributed by atoms with Crippen molar-refractivity contribution in [2.24, 2.45) is 12.0 Å². The number of hydrogen-bond donors (Lipinski definition) is 1. The number of aryl methyl sites for hydroxylation is 1. The number of hydrogen-bond acceptors (Lipinski definition) is 5. The highest BCUT2D eigenvalue weighted by molar-refractivity contribution is 5.80. The molecule has 2 aliphatic heterocycles. The average molecular weight is 438 g/mol. The number of aromatic nitrogens is 3. The number of ether oxygens (including phenoxy) is 1. The van der Waals surface area contributed by atoms with E-state index in [1.165, 1.54) is 5.56 Å². The third kappa shape index (κ3) is 6.17. The molecule has 2 aliphatic rings. The van der Waals surface area contributed by atoms with Crippen LogP contribution in [0.3, 0.4) is 0 Å². The van der Waals surface area contributed by atoms with Gasteiger partial charge in [-0.15, -0.1) is 10.2 Å². The van der Waals surface area contributed by atoms with E-state index in [4.69, 9.17) is 9.73 Å². The minimum atomic E-state index is 0.279. The maximum atomic E-state index is 5.80. The molecule has 3 heterocycles. The second-order valence-corrected chi connectivity index (χ2v) is 8.48. The number of piperazine rings is 1. The Hall–Kier alpha value is -2.71. The summed E-state index contributed by atoms with van der Waals surface area (Å²) < 4.78 is 7.79. The summed E-state index contributed by atoms with van der Waals surface area (Å²) in [6.07, 6.45) is 7.00. The van der Waals surface area contributed by atoms with Crippen LogP contribution in [-0.4, -0.2) is 82.5 Å². The van der Waals surface area contributed by atoms with E-state index < -0.39 is 0 Å². The Labute approximate surface area is 191 Å². The Kier molecular flexibility index (Phi) is 7.90. The molecule has 32 heavy (non-hydrogen) atoms. The van der Waals surface area contributed by atoms with Gasteiger partial charge in [0.25, 0.3) is 0 Å². The first-order valence-electron chi connectivity index (χ1n) is 11.6. The SMILES string of the molecule is Cc1nnc(CN=C(NCC2CCCO2)N2CCN(C/C=C/c3ccccc3)CC2)n1C. The molecule has 1 aromatic carbocycles. The molecule has 1 unspecified atom stereocenters. The van der Waals surface area contributed by atoms with Crippen LogP contribution in [0, 0.1) is 6.92 Å². The molecule has 1 N–H and O–H groups in total. The molecule has 0 amide bonds. The predicted molar refractivity (Wildman–Crippen MR) is 127 cm³/mol. The van der Waals surface area contributed by atoms with Gasteiger partial charge in [-0.25, -0.2) is 4.99 Å². The lowest BCUT2D eigenvalue weighted by Gasteiger charge is -2.36. The van der Waals surface area contributed by atoms with Crippen molar-refractivity contribution in [3.8, 4) is 0 Å². The van der Waals surface area contributed by atoms with Crippen molar-refractivity contribution in [1.82, 2.24) is 29.9 Å².